The number of hydrogen-bond acceptors (Lipinski definition) is 5. The van der Waals surface area contributed by atoms with Gasteiger partial charge in [-0.05, 0) is 32.6 Å². The molecule has 5 nitrogen and oxygen atoms in total. The number of fused-ring (bicyclic) bond motifs is 3. The minimum absolute atomic E-state index is 0.149. The van der Waals surface area contributed by atoms with E-state index >= 15 is 0 Å². The Hall–Kier alpha value is -1.62. The van der Waals surface area contributed by atoms with Crippen LogP contribution in [0.25, 0.3) is 0 Å². The number of carbonyl (C=O) groups excluding carboxylic acids is 2. The maximum Gasteiger partial charge on any atom is 0.337 e. The highest BCUT2D eigenvalue weighted by molar-refractivity contribution is 5.93. The minimum Gasteiger partial charge on any atom is -0.418 e. The standard InChI is InChI=1S/C17H22O5/c1-9-5-6-16(20)10(2)8-17(21-12(4)18)14(13(16)7-9)11(3)15(19)22-17/h7,10,13,20H,5-6,8H2,1-4H3/t10-,13-,16-,17+/m1/s1. The molecular weight excluding hydrogens is 284 g/mol. The van der Waals surface area contributed by atoms with E-state index in [9.17, 15) is 14.7 Å². The van der Waals surface area contributed by atoms with E-state index in [1.165, 1.54) is 12.5 Å². The molecule has 0 unspecified atom stereocenters. The third-order valence-corrected chi connectivity index (χ3v) is 5.34. The maximum atomic E-state index is 12.1. The van der Waals surface area contributed by atoms with Gasteiger partial charge in [-0.15, -0.1) is 0 Å². The molecule has 5 heteroatoms. The summed E-state index contributed by atoms with van der Waals surface area (Å²) < 4.78 is 10.9. The largest absolute Gasteiger partial charge is 0.418 e. The molecular formula is C17H22O5. The highest BCUT2D eigenvalue weighted by Gasteiger charge is 2.63. The van der Waals surface area contributed by atoms with Crippen LogP contribution < -0.4 is 0 Å². The number of carbonyl (C=O) groups is 2. The van der Waals surface area contributed by atoms with Gasteiger partial charge in [0.25, 0.3) is 5.79 Å². The van der Waals surface area contributed by atoms with Crippen molar-refractivity contribution in [3.05, 3.63) is 22.8 Å². The van der Waals surface area contributed by atoms with Crippen LogP contribution >= 0.6 is 0 Å². The molecule has 1 N–H and O–H groups in total. The van der Waals surface area contributed by atoms with Gasteiger partial charge in [-0.3, -0.25) is 4.79 Å². The zero-order chi connectivity index (χ0) is 16.3. The number of allylic oxidation sites excluding steroid dienone is 1. The van der Waals surface area contributed by atoms with Gasteiger partial charge >= 0.3 is 11.9 Å². The van der Waals surface area contributed by atoms with E-state index < -0.39 is 23.3 Å². The second-order valence-electron chi connectivity index (χ2n) is 6.86. The lowest BCUT2D eigenvalue weighted by Gasteiger charge is -2.51. The van der Waals surface area contributed by atoms with Crippen molar-refractivity contribution >= 4 is 11.9 Å². The first-order valence-corrected chi connectivity index (χ1v) is 7.73. The van der Waals surface area contributed by atoms with Crippen molar-refractivity contribution in [1.82, 2.24) is 0 Å². The molecule has 2 aliphatic carbocycles. The van der Waals surface area contributed by atoms with Crippen molar-refractivity contribution in [3.63, 3.8) is 0 Å². The summed E-state index contributed by atoms with van der Waals surface area (Å²) in [6, 6.07) is 0. The lowest BCUT2D eigenvalue weighted by Crippen LogP contribution is -2.58. The summed E-state index contributed by atoms with van der Waals surface area (Å²) in [5, 5.41) is 11.2. The van der Waals surface area contributed by atoms with Crippen LogP contribution in [0.1, 0.15) is 47.0 Å². The average Bonchev–Trinajstić information content (AvgIpc) is 2.63. The van der Waals surface area contributed by atoms with Crippen LogP contribution in [0.2, 0.25) is 0 Å². The van der Waals surface area contributed by atoms with E-state index in [2.05, 4.69) is 0 Å². The van der Waals surface area contributed by atoms with E-state index in [1.54, 1.807) is 6.92 Å². The number of rotatable bonds is 1. The van der Waals surface area contributed by atoms with Crippen molar-refractivity contribution in [3.8, 4) is 0 Å². The number of esters is 2. The van der Waals surface area contributed by atoms with Crippen LogP contribution in [-0.4, -0.2) is 28.4 Å². The summed E-state index contributed by atoms with van der Waals surface area (Å²) in [4.78, 5) is 23.7. The van der Waals surface area contributed by atoms with Crippen molar-refractivity contribution in [2.75, 3.05) is 0 Å². The van der Waals surface area contributed by atoms with Gasteiger partial charge in [0.05, 0.1) is 5.60 Å². The Morgan fingerprint density at radius 2 is 2.14 bits per heavy atom. The smallest absolute Gasteiger partial charge is 0.337 e. The fourth-order valence-corrected chi connectivity index (χ4v) is 4.18. The second kappa shape index (κ2) is 4.69. The topological polar surface area (TPSA) is 72.8 Å². The third-order valence-electron chi connectivity index (χ3n) is 5.34. The Labute approximate surface area is 130 Å². The first kappa shape index (κ1) is 15.3. The predicted molar refractivity (Wildman–Crippen MR) is 78.5 cm³/mol. The third kappa shape index (κ3) is 1.95. The van der Waals surface area contributed by atoms with E-state index in [0.29, 0.717) is 24.0 Å². The molecule has 1 saturated carbocycles. The molecule has 120 valence electrons. The SMILES string of the molecule is CC(=O)O[C@]12C[C@@H](C)[C@]3(O)CCC(C)=C[C@@H]3C1=C(C)C(=O)O2. The zero-order valence-electron chi connectivity index (χ0n) is 13.4. The molecule has 4 atom stereocenters. The predicted octanol–water partition coefficient (Wildman–Crippen LogP) is 2.25. The van der Waals surface area contributed by atoms with Crippen molar-refractivity contribution in [2.24, 2.45) is 11.8 Å². The highest BCUT2D eigenvalue weighted by atomic mass is 16.7. The molecule has 3 rings (SSSR count). The Kier molecular flexibility index (Phi) is 3.25. The molecule has 0 aromatic rings. The molecule has 3 aliphatic rings. The first-order chi connectivity index (χ1) is 10.2. The van der Waals surface area contributed by atoms with Gasteiger partial charge in [0.1, 0.15) is 0 Å². The Morgan fingerprint density at radius 3 is 2.77 bits per heavy atom. The molecule has 0 spiro atoms. The van der Waals surface area contributed by atoms with E-state index in [-0.39, 0.29) is 11.8 Å². The normalized spacial score (nSPS) is 40.6. The van der Waals surface area contributed by atoms with E-state index in [0.717, 1.165) is 6.42 Å². The van der Waals surface area contributed by atoms with Gasteiger partial charge in [-0.1, -0.05) is 18.6 Å². The van der Waals surface area contributed by atoms with Crippen LogP contribution in [0, 0.1) is 11.8 Å². The van der Waals surface area contributed by atoms with Crippen LogP contribution in [0.3, 0.4) is 0 Å². The molecule has 22 heavy (non-hydrogen) atoms. The molecule has 1 heterocycles. The van der Waals surface area contributed by atoms with E-state index in [1.807, 2.05) is 19.9 Å². The monoisotopic (exact) mass is 306 g/mol. The highest BCUT2D eigenvalue weighted by Crippen LogP contribution is 2.56. The minimum atomic E-state index is -1.35. The summed E-state index contributed by atoms with van der Waals surface area (Å²) in [7, 11) is 0. The molecule has 0 aromatic carbocycles. The molecule has 1 fully saturated rings. The fourth-order valence-electron chi connectivity index (χ4n) is 4.18. The summed E-state index contributed by atoms with van der Waals surface area (Å²) in [6.45, 7) is 6.92. The Bertz CT molecular complexity index is 617. The summed E-state index contributed by atoms with van der Waals surface area (Å²) >= 11 is 0. The number of hydrogen-bond donors (Lipinski definition) is 1. The van der Waals surface area contributed by atoms with Crippen molar-refractivity contribution < 1.29 is 24.2 Å². The summed E-state index contributed by atoms with van der Waals surface area (Å²) in [6.07, 6.45) is 3.77. The van der Waals surface area contributed by atoms with Gasteiger partial charge in [0.15, 0.2) is 0 Å². The van der Waals surface area contributed by atoms with E-state index in [4.69, 9.17) is 9.47 Å². The summed E-state index contributed by atoms with van der Waals surface area (Å²) in [5.74, 6) is -2.81. The van der Waals surface area contributed by atoms with Gasteiger partial charge in [-0.2, -0.15) is 0 Å². The Balaban J connectivity index is 2.18. The molecule has 0 amide bonds. The molecule has 0 aromatic heterocycles. The van der Waals surface area contributed by atoms with Gasteiger partial charge in [0.2, 0.25) is 0 Å². The molecule has 1 aliphatic heterocycles. The summed E-state index contributed by atoms with van der Waals surface area (Å²) in [5.41, 5.74) is 1.31. The molecule has 0 bridgehead atoms. The van der Waals surface area contributed by atoms with Crippen molar-refractivity contribution in [2.45, 2.75) is 58.3 Å². The number of ether oxygens (including phenoxy) is 2. The zero-order valence-corrected chi connectivity index (χ0v) is 13.4. The quantitative estimate of drug-likeness (QED) is 0.594. The molecule has 0 saturated heterocycles. The maximum absolute atomic E-state index is 12.1. The van der Waals surface area contributed by atoms with Gasteiger partial charge < -0.3 is 14.6 Å². The second-order valence-corrected chi connectivity index (χ2v) is 6.86. The lowest BCUT2D eigenvalue weighted by atomic mass is 9.59. The van der Waals surface area contributed by atoms with Crippen LogP contribution in [0.4, 0.5) is 0 Å². The van der Waals surface area contributed by atoms with Crippen LogP contribution in [0.15, 0.2) is 22.8 Å². The number of aliphatic hydroxyl groups is 1. The lowest BCUT2D eigenvalue weighted by molar-refractivity contribution is -0.231. The molecule has 0 radical (unpaired) electrons. The first-order valence-electron chi connectivity index (χ1n) is 7.73. The van der Waals surface area contributed by atoms with Gasteiger partial charge in [-0.25, -0.2) is 4.79 Å². The Morgan fingerprint density at radius 1 is 1.45 bits per heavy atom. The average molecular weight is 306 g/mol. The fraction of sp³-hybridized carbons (Fsp3) is 0.647. The van der Waals surface area contributed by atoms with Gasteiger partial charge in [0, 0.05) is 30.4 Å². The van der Waals surface area contributed by atoms with Crippen LogP contribution in [0.5, 0.6) is 0 Å². The van der Waals surface area contributed by atoms with Crippen molar-refractivity contribution in [1.29, 1.82) is 0 Å². The van der Waals surface area contributed by atoms with Crippen LogP contribution in [-0.2, 0) is 19.1 Å².